The van der Waals surface area contributed by atoms with Crippen LogP contribution in [0.5, 0.6) is 11.5 Å². The van der Waals surface area contributed by atoms with E-state index in [1.165, 1.54) is 0 Å². The van der Waals surface area contributed by atoms with Gasteiger partial charge in [-0.1, -0.05) is 37.3 Å². The SMILES string of the molecule is CCOc1ccccc1CNC(=O)C1CCN(C(=O)N2C[C@H](CC)Oc3ccccc32)CC1. The van der Waals surface area contributed by atoms with Crippen LogP contribution in [0, 0.1) is 5.92 Å². The van der Waals surface area contributed by atoms with E-state index in [9.17, 15) is 9.59 Å². The van der Waals surface area contributed by atoms with E-state index in [-0.39, 0.29) is 24.0 Å². The van der Waals surface area contributed by atoms with E-state index < -0.39 is 0 Å². The smallest absolute Gasteiger partial charge is 0.324 e. The van der Waals surface area contributed by atoms with Crippen LogP contribution in [0.2, 0.25) is 0 Å². The molecule has 0 spiro atoms. The normalized spacial score (nSPS) is 18.3. The number of amides is 3. The standard InChI is InChI=1S/C26H33N3O4/c1-3-21-18-29(22-10-6-8-12-24(22)33-21)26(31)28-15-13-19(14-16-28)25(30)27-17-20-9-5-7-11-23(20)32-4-2/h5-12,19,21H,3-4,13-18H2,1-2H3,(H,27,30)/t21-/m0/s1. The molecular formula is C26H33N3O4. The summed E-state index contributed by atoms with van der Waals surface area (Å²) in [5.74, 6) is 1.51. The van der Waals surface area contributed by atoms with Gasteiger partial charge in [-0.3, -0.25) is 9.69 Å². The number of para-hydroxylation sites is 3. The summed E-state index contributed by atoms with van der Waals surface area (Å²) in [6, 6.07) is 15.5. The Bertz CT molecular complexity index is 972. The zero-order chi connectivity index (χ0) is 23.2. The van der Waals surface area contributed by atoms with Crippen LogP contribution in [0.4, 0.5) is 10.5 Å². The fourth-order valence-corrected chi connectivity index (χ4v) is 4.47. The molecule has 3 amide bonds. The van der Waals surface area contributed by atoms with Crippen molar-refractivity contribution in [1.82, 2.24) is 10.2 Å². The highest BCUT2D eigenvalue weighted by Gasteiger charge is 2.34. The molecule has 33 heavy (non-hydrogen) atoms. The van der Waals surface area contributed by atoms with Gasteiger partial charge < -0.3 is 19.7 Å². The second-order valence-electron chi connectivity index (χ2n) is 8.53. The van der Waals surface area contributed by atoms with Crippen molar-refractivity contribution in [2.24, 2.45) is 5.92 Å². The number of rotatable bonds is 6. The molecule has 2 aliphatic rings. The molecule has 2 heterocycles. The van der Waals surface area contributed by atoms with E-state index in [1.807, 2.05) is 65.3 Å². The Hall–Kier alpha value is -3.22. The van der Waals surface area contributed by atoms with Gasteiger partial charge in [0.05, 0.1) is 18.8 Å². The molecule has 0 saturated carbocycles. The quantitative estimate of drug-likeness (QED) is 0.714. The number of urea groups is 1. The first kappa shape index (κ1) is 23.0. The minimum Gasteiger partial charge on any atom is -0.494 e. The molecule has 1 saturated heterocycles. The second-order valence-corrected chi connectivity index (χ2v) is 8.53. The number of ether oxygens (including phenoxy) is 2. The van der Waals surface area contributed by atoms with Gasteiger partial charge >= 0.3 is 6.03 Å². The lowest BCUT2D eigenvalue weighted by Crippen LogP contribution is -2.52. The monoisotopic (exact) mass is 451 g/mol. The van der Waals surface area contributed by atoms with Crippen molar-refractivity contribution in [2.75, 3.05) is 31.1 Å². The van der Waals surface area contributed by atoms with Gasteiger partial charge in [0, 0.05) is 31.1 Å². The molecule has 1 N–H and O–H groups in total. The summed E-state index contributed by atoms with van der Waals surface area (Å²) in [6.45, 7) is 6.74. The lowest BCUT2D eigenvalue weighted by molar-refractivity contribution is -0.126. The molecule has 0 aliphatic carbocycles. The molecule has 7 heteroatoms. The number of carbonyl (C=O) groups excluding carboxylic acids is 2. The summed E-state index contributed by atoms with van der Waals surface area (Å²) in [5.41, 5.74) is 1.79. The third-order valence-electron chi connectivity index (χ3n) is 6.38. The van der Waals surface area contributed by atoms with E-state index in [4.69, 9.17) is 9.47 Å². The molecule has 1 fully saturated rings. The first-order chi connectivity index (χ1) is 16.1. The Morgan fingerprint density at radius 2 is 1.79 bits per heavy atom. The molecule has 2 aromatic rings. The van der Waals surface area contributed by atoms with E-state index in [2.05, 4.69) is 12.2 Å². The average Bonchev–Trinajstić information content (AvgIpc) is 2.87. The number of nitrogens with zero attached hydrogens (tertiary/aromatic N) is 2. The minimum absolute atomic E-state index is 0.00583. The number of likely N-dealkylation sites (tertiary alicyclic amines) is 1. The van der Waals surface area contributed by atoms with Crippen LogP contribution in [0.1, 0.15) is 38.7 Å². The molecule has 0 bridgehead atoms. The Morgan fingerprint density at radius 1 is 1.06 bits per heavy atom. The van der Waals surface area contributed by atoms with E-state index in [1.54, 1.807) is 0 Å². The van der Waals surface area contributed by atoms with Crippen LogP contribution < -0.4 is 19.7 Å². The first-order valence-corrected chi connectivity index (χ1v) is 11.9. The van der Waals surface area contributed by atoms with Gasteiger partial charge in [-0.25, -0.2) is 4.79 Å². The highest BCUT2D eigenvalue weighted by atomic mass is 16.5. The molecular weight excluding hydrogens is 418 g/mol. The predicted molar refractivity (Wildman–Crippen MR) is 128 cm³/mol. The van der Waals surface area contributed by atoms with Crippen molar-refractivity contribution in [1.29, 1.82) is 0 Å². The highest BCUT2D eigenvalue weighted by Crippen LogP contribution is 2.35. The van der Waals surface area contributed by atoms with Gasteiger partial charge in [0.2, 0.25) is 5.91 Å². The molecule has 176 valence electrons. The van der Waals surface area contributed by atoms with Crippen molar-refractivity contribution in [2.45, 2.75) is 45.8 Å². The summed E-state index contributed by atoms with van der Waals surface area (Å²) >= 11 is 0. The van der Waals surface area contributed by atoms with Gasteiger partial charge in [-0.2, -0.15) is 0 Å². The summed E-state index contributed by atoms with van der Waals surface area (Å²) in [7, 11) is 0. The summed E-state index contributed by atoms with van der Waals surface area (Å²) in [6.07, 6.45) is 2.15. The fourth-order valence-electron chi connectivity index (χ4n) is 4.47. The Balaban J connectivity index is 1.32. The second kappa shape index (κ2) is 10.6. The van der Waals surface area contributed by atoms with Crippen molar-refractivity contribution in [3.05, 3.63) is 54.1 Å². The Morgan fingerprint density at radius 3 is 2.55 bits per heavy atom. The number of benzene rings is 2. The number of anilines is 1. The number of carbonyl (C=O) groups is 2. The maximum Gasteiger partial charge on any atom is 0.324 e. The maximum atomic E-state index is 13.3. The zero-order valence-electron chi connectivity index (χ0n) is 19.5. The van der Waals surface area contributed by atoms with Crippen LogP contribution >= 0.6 is 0 Å². The van der Waals surface area contributed by atoms with Gasteiger partial charge in [-0.05, 0) is 44.4 Å². The third-order valence-corrected chi connectivity index (χ3v) is 6.38. The number of hydrogen-bond acceptors (Lipinski definition) is 4. The number of nitrogens with one attached hydrogen (secondary N) is 1. The molecule has 0 radical (unpaired) electrons. The lowest BCUT2D eigenvalue weighted by Gasteiger charge is -2.39. The van der Waals surface area contributed by atoms with Crippen LogP contribution in [0.15, 0.2) is 48.5 Å². The van der Waals surface area contributed by atoms with Crippen molar-refractivity contribution < 1.29 is 19.1 Å². The summed E-state index contributed by atoms with van der Waals surface area (Å²) in [4.78, 5) is 29.8. The van der Waals surface area contributed by atoms with Crippen LogP contribution in [-0.2, 0) is 11.3 Å². The van der Waals surface area contributed by atoms with Gasteiger partial charge in [0.1, 0.15) is 17.6 Å². The predicted octanol–water partition coefficient (Wildman–Crippen LogP) is 4.21. The van der Waals surface area contributed by atoms with E-state index in [0.717, 1.165) is 29.2 Å². The molecule has 2 aromatic carbocycles. The number of fused-ring (bicyclic) bond motifs is 1. The summed E-state index contributed by atoms with van der Waals surface area (Å²) in [5, 5.41) is 3.05. The lowest BCUT2D eigenvalue weighted by atomic mass is 9.96. The molecule has 4 rings (SSSR count). The van der Waals surface area contributed by atoms with Crippen molar-refractivity contribution in [3.8, 4) is 11.5 Å². The molecule has 2 aliphatic heterocycles. The van der Waals surface area contributed by atoms with Crippen molar-refractivity contribution >= 4 is 17.6 Å². The largest absolute Gasteiger partial charge is 0.494 e. The molecule has 0 unspecified atom stereocenters. The van der Waals surface area contributed by atoms with Gasteiger partial charge in [-0.15, -0.1) is 0 Å². The Labute approximate surface area is 195 Å². The Kier molecular flexibility index (Phi) is 7.37. The topological polar surface area (TPSA) is 71.1 Å². The summed E-state index contributed by atoms with van der Waals surface area (Å²) < 4.78 is 11.7. The number of piperidine rings is 1. The fraction of sp³-hybridized carbons (Fsp3) is 0.462. The van der Waals surface area contributed by atoms with Crippen molar-refractivity contribution in [3.63, 3.8) is 0 Å². The zero-order valence-corrected chi connectivity index (χ0v) is 19.5. The van der Waals surface area contributed by atoms with Crippen LogP contribution in [0.3, 0.4) is 0 Å². The van der Waals surface area contributed by atoms with E-state index in [0.29, 0.717) is 45.6 Å². The van der Waals surface area contributed by atoms with Gasteiger partial charge in [0.25, 0.3) is 0 Å². The number of hydrogen-bond donors (Lipinski definition) is 1. The molecule has 1 atom stereocenters. The maximum absolute atomic E-state index is 13.3. The highest BCUT2D eigenvalue weighted by molar-refractivity contribution is 5.94. The minimum atomic E-state index is -0.0892. The van der Waals surface area contributed by atoms with E-state index >= 15 is 0 Å². The molecule has 0 aromatic heterocycles. The third kappa shape index (κ3) is 5.24. The van der Waals surface area contributed by atoms with Gasteiger partial charge in [0.15, 0.2) is 0 Å². The molecule has 7 nitrogen and oxygen atoms in total. The van der Waals surface area contributed by atoms with Crippen LogP contribution in [-0.4, -0.2) is 49.2 Å². The first-order valence-electron chi connectivity index (χ1n) is 11.9. The average molecular weight is 452 g/mol. The van der Waals surface area contributed by atoms with Crippen LogP contribution in [0.25, 0.3) is 0 Å².